The van der Waals surface area contributed by atoms with Crippen molar-refractivity contribution in [1.29, 1.82) is 0 Å². The number of carbonyl (C=O) groups is 3. The Morgan fingerprint density at radius 2 is 1.59 bits per heavy atom. The van der Waals surface area contributed by atoms with Gasteiger partial charge in [-0.25, -0.2) is 5.43 Å². The molecule has 1 heterocycles. The summed E-state index contributed by atoms with van der Waals surface area (Å²) in [4.78, 5) is 39.0. The second kappa shape index (κ2) is 13.5. The van der Waals surface area contributed by atoms with Crippen LogP contribution in [0.25, 0.3) is 0 Å². The monoisotopic (exact) mass is 564 g/mol. The molecule has 3 amide bonds. The summed E-state index contributed by atoms with van der Waals surface area (Å²) < 4.78 is 5.53. The van der Waals surface area contributed by atoms with Gasteiger partial charge in [-0.3, -0.25) is 14.4 Å². The van der Waals surface area contributed by atoms with Crippen LogP contribution in [-0.2, 0) is 16.1 Å². The molecule has 4 aromatic carbocycles. The van der Waals surface area contributed by atoms with Crippen molar-refractivity contribution in [3.63, 3.8) is 0 Å². The van der Waals surface area contributed by atoms with Gasteiger partial charge >= 0.3 is 0 Å². The molecule has 0 aliphatic carbocycles. The molecule has 4 aromatic rings. The quantitative estimate of drug-likeness (QED) is 0.203. The van der Waals surface area contributed by atoms with E-state index in [-0.39, 0.29) is 29.7 Å². The molecule has 0 bridgehead atoms. The number of nitrogens with zero attached hydrogens (tertiary/aromatic N) is 2. The first-order chi connectivity index (χ1) is 20.0. The van der Waals surface area contributed by atoms with Crippen LogP contribution >= 0.6 is 11.8 Å². The molecule has 206 valence electrons. The van der Waals surface area contributed by atoms with Gasteiger partial charge in [0.15, 0.2) is 6.61 Å². The molecular weight excluding hydrogens is 536 g/mol. The Hall–Kier alpha value is -4.89. The lowest BCUT2D eigenvalue weighted by Gasteiger charge is -2.24. The number of rotatable bonds is 10. The fraction of sp³-hybridized carbons (Fsp3) is 0.125. The van der Waals surface area contributed by atoms with Gasteiger partial charge in [-0.2, -0.15) is 5.10 Å². The van der Waals surface area contributed by atoms with E-state index in [0.29, 0.717) is 29.3 Å². The number of hydrogen-bond acceptors (Lipinski definition) is 6. The number of hydrazone groups is 1. The highest BCUT2D eigenvalue weighted by atomic mass is 32.2. The van der Waals surface area contributed by atoms with Crippen molar-refractivity contribution in [2.24, 2.45) is 5.10 Å². The van der Waals surface area contributed by atoms with Crippen molar-refractivity contribution in [1.82, 2.24) is 10.3 Å². The van der Waals surface area contributed by atoms with Gasteiger partial charge in [-0.1, -0.05) is 60.7 Å². The largest absolute Gasteiger partial charge is 0.484 e. The molecule has 0 saturated carbocycles. The molecule has 9 heteroatoms. The van der Waals surface area contributed by atoms with Gasteiger partial charge < -0.3 is 15.0 Å². The summed E-state index contributed by atoms with van der Waals surface area (Å²) in [6.07, 6.45) is 1.53. The zero-order chi connectivity index (χ0) is 28.4. The second-order valence-corrected chi connectivity index (χ2v) is 10.3. The lowest BCUT2D eigenvalue weighted by Crippen LogP contribution is -2.27. The summed E-state index contributed by atoms with van der Waals surface area (Å²) in [6, 6.07) is 33.3. The SMILES string of the molecule is O=C(COc1ccc(/C=N/NC(=O)c2ccc(C3SCC(=O)N3Cc3ccccc3)cc2)cc1)Nc1ccccc1. The van der Waals surface area contributed by atoms with E-state index in [9.17, 15) is 14.4 Å². The molecule has 1 aliphatic rings. The van der Waals surface area contributed by atoms with E-state index < -0.39 is 0 Å². The van der Waals surface area contributed by atoms with E-state index in [4.69, 9.17) is 4.74 Å². The summed E-state index contributed by atoms with van der Waals surface area (Å²) in [6.45, 7) is 0.433. The number of ether oxygens (including phenoxy) is 1. The number of thioether (sulfide) groups is 1. The molecule has 0 spiro atoms. The van der Waals surface area contributed by atoms with Crippen molar-refractivity contribution in [2.45, 2.75) is 11.9 Å². The molecule has 0 radical (unpaired) electrons. The van der Waals surface area contributed by atoms with Crippen LogP contribution in [0.4, 0.5) is 5.69 Å². The predicted octanol–water partition coefficient (Wildman–Crippen LogP) is 5.24. The van der Waals surface area contributed by atoms with Gasteiger partial charge in [0, 0.05) is 17.8 Å². The Balaban J connectivity index is 1.10. The maximum Gasteiger partial charge on any atom is 0.271 e. The van der Waals surface area contributed by atoms with E-state index in [0.717, 1.165) is 16.7 Å². The van der Waals surface area contributed by atoms with Crippen LogP contribution in [0.1, 0.15) is 32.4 Å². The molecule has 0 aromatic heterocycles. The topological polar surface area (TPSA) is 100 Å². The first kappa shape index (κ1) is 27.7. The van der Waals surface area contributed by atoms with Crippen molar-refractivity contribution >= 4 is 41.4 Å². The zero-order valence-corrected chi connectivity index (χ0v) is 22.9. The number of amides is 3. The van der Waals surface area contributed by atoms with Crippen LogP contribution < -0.4 is 15.5 Å². The van der Waals surface area contributed by atoms with Gasteiger partial charge in [0.25, 0.3) is 11.8 Å². The highest BCUT2D eigenvalue weighted by molar-refractivity contribution is 8.00. The van der Waals surface area contributed by atoms with Crippen LogP contribution in [0.3, 0.4) is 0 Å². The molecule has 1 unspecified atom stereocenters. The van der Waals surface area contributed by atoms with Gasteiger partial charge in [-0.05, 0) is 65.2 Å². The van der Waals surface area contributed by atoms with E-state index >= 15 is 0 Å². The number of para-hydroxylation sites is 1. The third-order valence-corrected chi connectivity index (χ3v) is 7.57. The van der Waals surface area contributed by atoms with E-state index in [1.807, 2.05) is 65.6 Å². The maximum absolute atomic E-state index is 12.6. The minimum Gasteiger partial charge on any atom is -0.484 e. The summed E-state index contributed by atoms with van der Waals surface area (Å²) in [5.41, 5.74) is 6.51. The Labute approximate surface area is 242 Å². The Morgan fingerprint density at radius 1 is 0.902 bits per heavy atom. The first-order valence-corrected chi connectivity index (χ1v) is 14.1. The van der Waals surface area contributed by atoms with Crippen LogP contribution in [0, 0.1) is 0 Å². The third-order valence-electron chi connectivity index (χ3n) is 6.31. The first-order valence-electron chi connectivity index (χ1n) is 13.0. The Morgan fingerprint density at radius 3 is 2.29 bits per heavy atom. The van der Waals surface area contributed by atoms with Crippen molar-refractivity contribution in [3.05, 3.63) is 131 Å². The van der Waals surface area contributed by atoms with E-state index in [1.54, 1.807) is 60.3 Å². The summed E-state index contributed by atoms with van der Waals surface area (Å²) >= 11 is 1.59. The van der Waals surface area contributed by atoms with E-state index in [1.165, 1.54) is 6.21 Å². The van der Waals surface area contributed by atoms with Gasteiger partial charge in [0.1, 0.15) is 11.1 Å². The molecule has 1 saturated heterocycles. The molecule has 5 rings (SSSR count). The smallest absolute Gasteiger partial charge is 0.271 e. The molecule has 41 heavy (non-hydrogen) atoms. The molecule has 1 atom stereocenters. The molecule has 8 nitrogen and oxygen atoms in total. The lowest BCUT2D eigenvalue weighted by molar-refractivity contribution is -0.128. The highest BCUT2D eigenvalue weighted by Crippen LogP contribution is 2.39. The Kier molecular flexibility index (Phi) is 9.08. The number of carbonyl (C=O) groups excluding carboxylic acids is 3. The fourth-order valence-electron chi connectivity index (χ4n) is 4.23. The zero-order valence-electron chi connectivity index (χ0n) is 22.1. The summed E-state index contributed by atoms with van der Waals surface area (Å²) in [5.74, 6) is 0.490. The molecular formula is C32H28N4O4S. The van der Waals surface area contributed by atoms with Gasteiger partial charge in [0.2, 0.25) is 5.91 Å². The average molecular weight is 565 g/mol. The fourth-order valence-corrected chi connectivity index (χ4v) is 5.42. The Bertz CT molecular complexity index is 1510. The average Bonchev–Trinajstić information content (AvgIpc) is 3.37. The number of anilines is 1. The number of hydrogen-bond donors (Lipinski definition) is 2. The minimum atomic E-state index is -0.339. The highest BCUT2D eigenvalue weighted by Gasteiger charge is 2.32. The molecule has 1 aliphatic heterocycles. The van der Waals surface area contributed by atoms with Crippen molar-refractivity contribution < 1.29 is 19.1 Å². The minimum absolute atomic E-state index is 0.0944. The standard InChI is InChI=1S/C32H28N4O4S/c37-29(34-27-9-5-2-6-10-27)21-40-28-17-11-23(12-18-28)19-33-35-31(39)25-13-15-26(16-14-25)32-36(30(38)22-41-32)20-24-7-3-1-4-8-24/h1-19,32H,20-22H2,(H,34,37)(H,35,39)/b33-19+. The van der Waals surface area contributed by atoms with Gasteiger partial charge in [0.05, 0.1) is 12.0 Å². The molecule has 2 N–H and O–H groups in total. The van der Waals surface area contributed by atoms with Crippen molar-refractivity contribution in [3.8, 4) is 5.75 Å². The van der Waals surface area contributed by atoms with Crippen LogP contribution in [0.15, 0.2) is 114 Å². The third kappa shape index (κ3) is 7.61. The van der Waals surface area contributed by atoms with Crippen LogP contribution in [0.2, 0.25) is 0 Å². The molecule has 1 fully saturated rings. The van der Waals surface area contributed by atoms with Gasteiger partial charge in [-0.15, -0.1) is 11.8 Å². The normalized spacial score (nSPS) is 14.7. The van der Waals surface area contributed by atoms with Crippen molar-refractivity contribution in [2.75, 3.05) is 17.7 Å². The van der Waals surface area contributed by atoms with Crippen LogP contribution in [-0.4, -0.2) is 41.2 Å². The number of benzene rings is 4. The second-order valence-electron chi connectivity index (χ2n) is 9.26. The summed E-state index contributed by atoms with van der Waals surface area (Å²) in [7, 11) is 0. The predicted molar refractivity (Wildman–Crippen MR) is 161 cm³/mol. The van der Waals surface area contributed by atoms with Crippen LogP contribution in [0.5, 0.6) is 5.75 Å². The number of nitrogens with one attached hydrogen (secondary N) is 2. The van der Waals surface area contributed by atoms with E-state index in [2.05, 4.69) is 15.8 Å². The maximum atomic E-state index is 12.6. The lowest BCUT2D eigenvalue weighted by atomic mass is 10.1. The summed E-state index contributed by atoms with van der Waals surface area (Å²) in [5, 5.41) is 6.72.